The Morgan fingerprint density at radius 3 is 3.00 bits per heavy atom. The third-order valence-electron chi connectivity index (χ3n) is 2.36. The maximum Gasteiger partial charge on any atom is 0.181 e. The van der Waals surface area contributed by atoms with Crippen molar-refractivity contribution in [3.8, 4) is 0 Å². The van der Waals surface area contributed by atoms with Crippen LogP contribution in [0.25, 0.3) is 5.57 Å². The van der Waals surface area contributed by atoms with Gasteiger partial charge in [-0.15, -0.1) is 0 Å². The van der Waals surface area contributed by atoms with E-state index in [1.54, 1.807) is 6.39 Å². The van der Waals surface area contributed by atoms with Gasteiger partial charge < -0.3 is 4.42 Å². The predicted molar refractivity (Wildman–Crippen MR) is 47.7 cm³/mol. The highest BCUT2D eigenvalue weighted by Gasteiger charge is 2.18. The molecule has 0 atom stereocenters. The van der Waals surface area contributed by atoms with Crippen LogP contribution >= 0.6 is 0 Å². The first-order chi connectivity index (χ1) is 5.79. The van der Waals surface area contributed by atoms with Gasteiger partial charge in [0, 0.05) is 6.42 Å². The van der Waals surface area contributed by atoms with E-state index < -0.39 is 0 Å². The third kappa shape index (κ3) is 1.07. The fourth-order valence-electron chi connectivity index (χ4n) is 1.72. The molecule has 1 aromatic heterocycles. The normalized spacial score (nSPS) is 16.0. The van der Waals surface area contributed by atoms with Gasteiger partial charge in [-0.25, -0.2) is 4.98 Å². The first kappa shape index (κ1) is 7.59. The summed E-state index contributed by atoms with van der Waals surface area (Å²) in [7, 11) is 0. The van der Waals surface area contributed by atoms with Crippen molar-refractivity contribution in [2.24, 2.45) is 0 Å². The number of allylic oxidation sites excluding steroid dienone is 2. The standard InChI is InChI=1S/C10H13NO/c1-7(2)8-4-3-5-9-10(8)11-6-12-9/h6H,3-5H2,1-2H3. The van der Waals surface area contributed by atoms with Crippen LogP contribution in [0.15, 0.2) is 16.4 Å². The Morgan fingerprint density at radius 2 is 2.25 bits per heavy atom. The maximum atomic E-state index is 5.29. The van der Waals surface area contributed by atoms with Crippen LogP contribution < -0.4 is 0 Å². The number of aromatic nitrogens is 1. The van der Waals surface area contributed by atoms with Gasteiger partial charge in [-0.1, -0.05) is 5.57 Å². The van der Waals surface area contributed by atoms with E-state index in [9.17, 15) is 0 Å². The Bertz CT molecular complexity index is 318. The highest BCUT2D eigenvalue weighted by molar-refractivity contribution is 5.67. The van der Waals surface area contributed by atoms with Crippen LogP contribution in [0, 0.1) is 0 Å². The van der Waals surface area contributed by atoms with Gasteiger partial charge in [0.15, 0.2) is 6.39 Å². The Kier molecular flexibility index (Phi) is 1.75. The van der Waals surface area contributed by atoms with E-state index in [0.717, 1.165) is 24.3 Å². The summed E-state index contributed by atoms with van der Waals surface area (Å²) in [4.78, 5) is 4.23. The number of rotatable bonds is 0. The van der Waals surface area contributed by atoms with E-state index in [-0.39, 0.29) is 0 Å². The van der Waals surface area contributed by atoms with Crippen LogP contribution in [0.3, 0.4) is 0 Å². The van der Waals surface area contributed by atoms with Gasteiger partial charge in [0.25, 0.3) is 0 Å². The van der Waals surface area contributed by atoms with Crippen molar-refractivity contribution in [2.45, 2.75) is 33.1 Å². The SMILES string of the molecule is CC(C)=C1CCCc2ocnc21. The van der Waals surface area contributed by atoms with Gasteiger partial charge >= 0.3 is 0 Å². The molecule has 1 heterocycles. The summed E-state index contributed by atoms with van der Waals surface area (Å²) >= 11 is 0. The first-order valence-corrected chi connectivity index (χ1v) is 4.38. The summed E-state index contributed by atoms with van der Waals surface area (Å²) in [6.07, 6.45) is 4.95. The van der Waals surface area contributed by atoms with Crippen LogP contribution in [-0.4, -0.2) is 4.98 Å². The molecule has 0 spiro atoms. The highest BCUT2D eigenvalue weighted by atomic mass is 16.3. The molecule has 0 saturated heterocycles. The quantitative estimate of drug-likeness (QED) is 0.587. The van der Waals surface area contributed by atoms with Crippen molar-refractivity contribution in [2.75, 3.05) is 0 Å². The second kappa shape index (κ2) is 2.77. The number of aryl methyl sites for hydroxylation is 1. The Hall–Kier alpha value is -1.05. The van der Waals surface area contributed by atoms with E-state index in [1.165, 1.54) is 17.6 Å². The summed E-state index contributed by atoms with van der Waals surface area (Å²) in [6, 6.07) is 0. The molecule has 0 aliphatic heterocycles. The second-order valence-corrected chi connectivity index (χ2v) is 3.46. The summed E-state index contributed by atoms with van der Waals surface area (Å²) < 4.78 is 5.29. The van der Waals surface area contributed by atoms with Crippen molar-refractivity contribution in [1.29, 1.82) is 0 Å². The molecule has 1 aliphatic rings. The average molecular weight is 163 g/mol. The average Bonchev–Trinajstić information content (AvgIpc) is 2.49. The van der Waals surface area contributed by atoms with Crippen LogP contribution in [0.5, 0.6) is 0 Å². The van der Waals surface area contributed by atoms with Gasteiger partial charge in [-0.2, -0.15) is 0 Å². The van der Waals surface area contributed by atoms with Gasteiger partial charge in [0.2, 0.25) is 0 Å². The van der Waals surface area contributed by atoms with Crippen LogP contribution in [0.4, 0.5) is 0 Å². The number of nitrogens with zero attached hydrogens (tertiary/aromatic N) is 1. The minimum absolute atomic E-state index is 1.05. The van der Waals surface area contributed by atoms with Crippen molar-refractivity contribution >= 4 is 5.57 Å². The van der Waals surface area contributed by atoms with E-state index >= 15 is 0 Å². The van der Waals surface area contributed by atoms with Crippen molar-refractivity contribution in [3.63, 3.8) is 0 Å². The minimum atomic E-state index is 1.05. The number of oxazole rings is 1. The van der Waals surface area contributed by atoms with Gasteiger partial charge in [0.1, 0.15) is 11.5 Å². The summed E-state index contributed by atoms with van der Waals surface area (Å²) in [5, 5.41) is 0. The van der Waals surface area contributed by atoms with Crippen LogP contribution in [0.2, 0.25) is 0 Å². The fraction of sp³-hybridized carbons (Fsp3) is 0.500. The zero-order chi connectivity index (χ0) is 8.55. The third-order valence-corrected chi connectivity index (χ3v) is 2.36. The Labute approximate surface area is 72.3 Å². The van der Waals surface area contributed by atoms with Crippen molar-refractivity contribution < 1.29 is 4.42 Å². The summed E-state index contributed by atoms with van der Waals surface area (Å²) in [5.74, 6) is 1.07. The molecule has 0 bridgehead atoms. The number of hydrogen-bond acceptors (Lipinski definition) is 2. The summed E-state index contributed by atoms with van der Waals surface area (Å²) in [5.41, 5.74) is 3.84. The zero-order valence-corrected chi connectivity index (χ0v) is 7.55. The van der Waals surface area contributed by atoms with Gasteiger partial charge in [-0.05, 0) is 32.3 Å². The molecular formula is C10H13NO. The van der Waals surface area contributed by atoms with Crippen LogP contribution in [0.1, 0.15) is 38.1 Å². The number of fused-ring (bicyclic) bond motifs is 1. The molecule has 2 rings (SSSR count). The molecule has 12 heavy (non-hydrogen) atoms. The lowest BCUT2D eigenvalue weighted by molar-refractivity contribution is 0.492. The lowest BCUT2D eigenvalue weighted by Gasteiger charge is -2.13. The molecule has 2 heteroatoms. The zero-order valence-electron chi connectivity index (χ0n) is 7.55. The second-order valence-electron chi connectivity index (χ2n) is 3.46. The van der Waals surface area contributed by atoms with E-state index in [2.05, 4.69) is 18.8 Å². The smallest absolute Gasteiger partial charge is 0.181 e. The van der Waals surface area contributed by atoms with Gasteiger partial charge in [-0.3, -0.25) is 0 Å². The molecule has 1 aromatic rings. The molecule has 0 fully saturated rings. The topological polar surface area (TPSA) is 26.0 Å². The monoisotopic (exact) mass is 163 g/mol. The van der Waals surface area contributed by atoms with Crippen LogP contribution in [-0.2, 0) is 6.42 Å². The molecule has 1 aliphatic carbocycles. The van der Waals surface area contributed by atoms with E-state index in [4.69, 9.17) is 4.42 Å². The van der Waals surface area contributed by atoms with Crippen molar-refractivity contribution in [1.82, 2.24) is 4.98 Å². The molecule has 0 saturated carbocycles. The molecule has 0 radical (unpaired) electrons. The van der Waals surface area contributed by atoms with Gasteiger partial charge in [0.05, 0.1) is 0 Å². The Morgan fingerprint density at radius 1 is 1.42 bits per heavy atom. The lowest BCUT2D eigenvalue weighted by Crippen LogP contribution is -2.00. The summed E-state index contributed by atoms with van der Waals surface area (Å²) in [6.45, 7) is 4.28. The first-order valence-electron chi connectivity index (χ1n) is 4.38. The predicted octanol–water partition coefficient (Wildman–Crippen LogP) is 2.80. The number of hydrogen-bond donors (Lipinski definition) is 0. The minimum Gasteiger partial charge on any atom is -0.448 e. The van der Waals surface area contributed by atoms with E-state index in [0.29, 0.717) is 0 Å². The molecule has 2 nitrogen and oxygen atoms in total. The fourth-order valence-corrected chi connectivity index (χ4v) is 1.72. The molecule has 64 valence electrons. The largest absolute Gasteiger partial charge is 0.448 e. The molecular weight excluding hydrogens is 150 g/mol. The van der Waals surface area contributed by atoms with Crippen molar-refractivity contribution in [3.05, 3.63) is 23.4 Å². The lowest BCUT2D eigenvalue weighted by atomic mass is 9.93. The molecule has 0 N–H and O–H groups in total. The maximum absolute atomic E-state index is 5.29. The highest BCUT2D eigenvalue weighted by Crippen LogP contribution is 2.31. The molecule has 0 unspecified atom stereocenters. The Balaban J connectivity index is 2.52. The molecule has 0 amide bonds. The molecule has 0 aromatic carbocycles. The van der Waals surface area contributed by atoms with E-state index in [1.807, 2.05) is 0 Å².